The predicted octanol–water partition coefficient (Wildman–Crippen LogP) is 0.423. The van der Waals surface area contributed by atoms with Gasteiger partial charge < -0.3 is 14.5 Å². The number of hydrogen-bond acceptors (Lipinski definition) is 4. The summed E-state index contributed by atoms with van der Waals surface area (Å²) in [6.07, 6.45) is 0. The number of amides is 2. The van der Waals surface area contributed by atoms with Crippen LogP contribution in [0.5, 0.6) is 0 Å². The number of para-hydroxylation sites is 1. The molecule has 0 spiro atoms. The van der Waals surface area contributed by atoms with Gasteiger partial charge in [-0.3, -0.25) is 9.59 Å². The van der Waals surface area contributed by atoms with Gasteiger partial charge in [-0.1, -0.05) is 18.2 Å². The molecule has 0 bridgehead atoms. The van der Waals surface area contributed by atoms with Crippen LogP contribution in [0.15, 0.2) is 30.3 Å². The molecule has 0 saturated carbocycles. The lowest BCUT2D eigenvalue weighted by Crippen LogP contribution is -2.58. The number of ether oxygens (including phenoxy) is 1. The lowest BCUT2D eigenvalue weighted by atomic mass is 10.2. The van der Waals surface area contributed by atoms with Crippen molar-refractivity contribution in [3.8, 4) is 0 Å². The first-order chi connectivity index (χ1) is 9.56. The summed E-state index contributed by atoms with van der Waals surface area (Å²) in [5.74, 6) is -1.84. The Labute approximate surface area is 116 Å². The second kappa shape index (κ2) is 5.73. The number of anilines is 1. The van der Waals surface area contributed by atoms with E-state index in [9.17, 15) is 14.4 Å². The highest BCUT2D eigenvalue weighted by atomic mass is 16.5. The molecule has 6 nitrogen and oxygen atoms in total. The maximum atomic E-state index is 12.1. The molecule has 1 heterocycles. The van der Waals surface area contributed by atoms with E-state index in [1.165, 1.54) is 16.9 Å². The van der Waals surface area contributed by atoms with Crippen LogP contribution in [0.25, 0.3) is 0 Å². The molecule has 0 aliphatic carbocycles. The highest BCUT2D eigenvalue weighted by Gasteiger charge is 2.38. The van der Waals surface area contributed by atoms with E-state index >= 15 is 0 Å². The Hall–Kier alpha value is -2.37. The molecule has 1 unspecified atom stereocenters. The summed E-state index contributed by atoms with van der Waals surface area (Å²) in [7, 11) is 1.26. The van der Waals surface area contributed by atoms with E-state index in [2.05, 4.69) is 4.74 Å². The Bertz CT molecular complexity index is 529. The normalized spacial score (nSPS) is 17.1. The number of nitrogens with zero attached hydrogens (tertiary/aromatic N) is 2. The molecule has 1 aromatic carbocycles. The molecular formula is C14H16N2O4. The number of rotatable bonds is 3. The summed E-state index contributed by atoms with van der Waals surface area (Å²) >= 11 is 0. The fourth-order valence-corrected chi connectivity index (χ4v) is 2.17. The van der Waals surface area contributed by atoms with Gasteiger partial charge in [0.25, 0.3) is 0 Å². The summed E-state index contributed by atoms with van der Waals surface area (Å²) in [5.41, 5.74) is 0.677. The van der Waals surface area contributed by atoms with Gasteiger partial charge in [0.1, 0.15) is 6.04 Å². The average molecular weight is 276 g/mol. The number of piperazine rings is 1. The number of methoxy groups -OCH3 is 1. The van der Waals surface area contributed by atoms with Crippen LogP contribution in [0.1, 0.15) is 6.92 Å². The van der Waals surface area contributed by atoms with Gasteiger partial charge in [-0.05, 0) is 19.1 Å². The molecule has 6 heteroatoms. The van der Waals surface area contributed by atoms with Gasteiger partial charge in [0, 0.05) is 18.8 Å². The smallest absolute Gasteiger partial charge is 0.328 e. The zero-order valence-corrected chi connectivity index (χ0v) is 11.4. The fraction of sp³-hybridized carbons (Fsp3) is 0.357. The van der Waals surface area contributed by atoms with Crippen molar-refractivity contribution in [3.63, 3.8) is 0 Å². The van der Waals surface area contributed by atoms with Crippen LogP contribution in [0.2, 0.25) is 0 Å². The van der Waals surface area contributed by atoms with Crippen molar-refractivity contribution in [3.05, 3.63) is 30.3 Å². The van der Waals surface area contributed by atoms with Crippen molar-refractivity contribution in [2.45, 2.75) is 13.0 Å². The molecule has 1 atom stereocenters. The van der Waals surface area contributed by atoms with Crippen LogP contribution in [0.3, 0.4) is 0 Å². The highest BCUT2D eigenvalue weighted by Crippen LogP contribution is 2.18. The van der Waals surface area contributed by atoms with Crippen molar-refractivity contribution in [2.75, 3.05) is 25.1 Å². The first-order valence-electron chi connectivity index (χ1n) is 6.31. The predicted molar refractivity (Wildman–Crippen MR) is 72.0 cm³/mol. The number of carbonyl (C=O) groups is 3. The Morgan fingerprint density at radius 2 is 1.80 bits per heavy atom. The fourth-order valence-electron chi connectivity index (χ4n) is 2.17. The third-order valence-corrected chi connectivity index (χ3v) is 3.33. The highest BCUT2D eigenvalue weighted by molar-refractivity contribution is 6.41. The quantitative estimate of drug-likeness (QED) is 0.593. The van der Waals surface area contributed by atoms with Crippen molar-refractivity contribution in [1.29, 1.82) is 0 Å². The zero-order chi connectivity index (χ0) is 14.7. The first kappa shape index (κ1) is 14.0. The van der Waals surface area contributed by atoms with E-state index in [4.69, 9.17) is 0 Å². The van der Waals surface area contributed by atoms with E-state index in [-0.39, 0.29) is 0 Å². The van der Waals surface area contributed by atoms with E-state index < -0.39 is 23.8 Å². The van der Waals surface area contributed by atoms with Crippen LogP contribution >= 0.6 is 0 Å². The van der Waals surface area contributed by atoms with Gasteiger partial charge in [0.05, 0.1) is 7.11 Å². The maximum absolute atomic E-state index is 12.1. The maximum Gasteiger partial charge on any atom is 0.328 e. The summed E-state index contributed by atoms with van der Waals surface area (Å²) in [6.45, 7) is 2.21. The van der Waals surface area contributed by atoms with Gasteiger partial charge in [-0.15, -0.1) is 0 Å². The second-order valence-electron chi connectivity index (χ2n) is 4.49. The topological polar surface area (TPSA) is 66.9 Å². The largest absolute Gasteiger partial charge is 0.467 e. The monoisotopic (exact) mass is 276 g/mol. The lowest BCUT2D eigenvalue weighted by Gasteiger charge is -2.35. The minimum absolute atomic E-state index is 0.301. The zero-order valence-electron chi connectivity index (χ0n) is 11.4. The molecule has 0 N–H and O–H groups in total. The van der Waals surface area contributed by atoms with Gasteiger partial charge in [0.2, 0.25) is 0 Å². The van der Waals surface area contributed by atoms with Crippen LogP contribution in [0, 0.1) is 0 Å². The van der Waals surface area contributed by atoms with Crippen LogP contribution in [-0.4, -0.2) is 48.9 Å². The van der Waals surface area contributed by atoms with E-state index in [1.807, 2.05) is 6.07 Å². The third kappa shape index (κ3) is 2.49. The molecular weight excluding hydrogens is 260 g/mol. The average Bonchev–Trinajstić information content (AvgIpc) is 2.49. The molecule has 0 radical (unpaired) electrons. The number of benzene rings is 1. The summed E-state index contributed by atoms with van der Waals surface area (Å²) in [5, 5.41) is 0. The molecule has 1 aliphatic heterocycles. The van der Waals surface area contributed by atoms with E-state index in [1.54, 1.807) is 31.2 Å². The molecule has 0 aromatic heterocycles. The molecule has 1 aliphatic rings. The number of hydrogen-bond donors (Lipinski definition) is 0. The van der Waals surface area contributed by atoms with E-state index in [0.717, 1.165) is 0 Å². The van der Waals surface area contributed by atoms with Gasteiger partial charge >= 0.3 is 17.8 Å². The summed E-state index contributed by atoms with van der Waals surface area (Å²) in [4.78, 5) is 38.4. The number of carbonyl (C=O) groups excluding carboxylic acids is 3. The Morgan fingerprint density at radius 3 is 2.40 bits per heavy atom. The molecule has 1 saturated heterocycles. The Morgan fingerprint density at radius 1 is 1.15 bits per heavy atom. The molecule has 2 amide bonds. The van der Waals surface area contributed by atoms with Crippen molar-refractivity contribution in [2.24, 2.45) is 0 Å². The lowest BCUT2D eigenvalue weighted by molar-refractivity contribution is -0.156. The van der Waals surface area contributed by atoms with Crippen LogP contribution in [-0.2, 0) is 19.1 Å². The number of esters is 1. The second-order valence-corrected chi connectivity index (χ2v) is 4.49. The minimum Gasteiger partial charge on any atom is -0.467 e. The van der Waals surface area contributed by atoms with Crippen LogP contribution < -0.4 is 4.90 Å². The Kier molecular flexibility index (Phi) is 4.02. The first-order valence-corrected chi connectivity index (χ1v) is 6.31. The summed E-state index contributed by atoms with van der Waals surface area (Å²) in [6, 6.07) is 8.22. The molecule has 2 rings (SSSR count). The molecule has 1 aromatic rings. The van der Waals surface area contributed by atoms with Gasteiger partial charge in [-0.2, -0.15) is 0 Å². The van der Waals surface area contributed by atoms with Gasteiger partial charge in [-0.25, -0.2) is 4.79 Å². The van der Waals surface area contributed by atoms with Crippen molar-refractivity contribution >= 4 is 23.5 Å². The SMILES string of the molecule is COC(=O)C(C)N1CCN(c2ccccc2)C(=O)C1=O. The van der Waals surface area contributed by atoms with E-state index in [0.29, 0.717) is 18.8 Å². The molecule has 1 fully saturated rings. The standard InChI is InChI=1S/C14H16N2O4/c1-10(14(19)20-2)15-8-9-16(13(18)12(15)17)11-6-4-3-5-7-11/h3-7,10H,8-9H2,1-2H3. The molecule has 20 heavy (non-hydrogen) atoms. The minimum atomic E-state index is -0.755. The van der Waals surface area contributed by atoms with Gasteiger partial charge in [0.15, 0.2) is 0 Å². The molecule has 106 valence electrons. The van der Waals surface area contributed by atoms with Crippen molar-refractivity contribution in [1.82, 2.24) is 4.90 Å². The van der Waals surface area contributed by atoms with Crippen molar-refractivity contribution < 1.29 is 19.1 Å². The Balaban J connectivity index is 2.16. The van der Waals surface area contributed by atoms with Crippen LogP contribution in [0.4, 0.5) is 5.69 Å². The third-order valence-electron chi connectivity index (χ3n) is 3.33. The summed E-state index contributed by atoms with van der Waals surface area (Å²) < 4.78 is 4.60.